The van der Waals surface area contributed by atoms with E-state index in [0.29, 0.717) is 6.42 Å². The van der Waals surface area contributed by atoms with Crippen molar-refractivity contribution in [2.45, 2.75) is 13.3 Å². The summed E-state index contributed by atoms with van der Waals surface area (Å²) in [6.07, 6.45) is 0.585. The second-order valence-corrected chi connectivity index (χ2v) is 4.79. The van der Waals surface area contributed by atoms with E-state index in [9.17, 15) is 13.2 Å². The summed E-state index contributed by atoms with van der Waals surface area (Å²) in [6.45, 7) is 1.78. The van der Waals surface area contributed by atoms with E-state index < -0.39 is 21.7 Å². The molecule has 0 amide bonds. The zero-order valence-electron chi connectivity index (χ0n) is 8.76. The van der Waals surface area contributed by atoms with E-state index in [0.717, 1.165) is 11.4 Å². The molecule has 0 aromatic rings. The number of hydrogen-bond donors (Lipinski definition) is 0. The Morgan fingerprint density at radius 2 is 2.13 bits per heavy atom. The molecule has 0 aliphatic carbocycles. The Morgan fingerprint density at radius 1 is 1.53 bits per heavy atom. The highest BCUT2D eigenvalue weighted by atomic mass is 32.2. The minimum absolute atomic E-state index is 0.229. The van der Waals surface area contributed by atoms with Crippen LogP contribution in [0.15, 0.2) is 0 Å². The first kappa shape index (κ1) is 13.9. The molecule has 0 aliphatic heterocycles. The van der Waals surface area contributed by atoms with Gasteiger partial charge in [0.1, 0.15) is 6.54 Å². The Morgan fingerprint density at radius 3 is 2.53 bits per heavy atom. The summed E-state index contributed by atoms with van der Waals surface area (Å²) in [5, 5.41) is 8.45. The fraction of sp³-hybridized carbons (Fsp3) is 0.750. The Kier molecular flexibility index (Phi) is 5.89. The highest BCUT2D eigenvalue weighted by Crippen LogP contribution is 2.02. The first-order chi connectivity index (χ1) is 6.97. The van der Waals surface area contributed by atoms with E-state index in [4.69, 9.17) is 5.26 Å². The van der Waals surface area contributed by atoms with Crippen LogP contribution in [0.3, 0.4) is 0 Å². The number of carbonyl (C=O) groups is 1. The van der Waals surface area contributed by atoms with Gasteiger partial charge in [0.2, 0.25) is 10.0 Å². The molecule has 0 unspecified atom stereocenters. The first-order valence-corrected chi connectivity index (χ1v) is 6.00. The second-order valence-electron chi connectivity index (χ2n) is 2.82. The Bertz CT molecular complexity index is 344. The summed E-state index contributed by atoms with van der Waals surface area (Å²) in [7, 11) is -2.60. The summed E-state index contributed by atoms with van der Waals surface area (Å²) in [5.74, 6) is -1.54. The summed E-state index contributed by atoms with van der Waals surface area (Å²) in [5.41, 5.74) is 0. The normalized spacial score (nSPS) is 11.1. The van der Waals surface area contributed by atoms with Crippen LogP contribution in [0.2, 0.25) is 0 Å². The number of ether oxygens (including phenoxy) is 1. The summed E-state index contributed by atoms with van der Waals surface area (Å²) in [6, 6.07) is 1.74. The topological polar surface area (TPSA) is 87.5 Å². The van der Waals surface area contributed by atoms with Gasteiger partial charge in [0.05, 0.1) is 13.2 Å². The van der Waals surface area contributed by atoms with Crippen LogP contribution >= 0.6 is 0 Å². The van der Waals surface area contributed by atoms with Crippen molar-refractivity contribution < 1.29 is 17.9 Å². The molecule has 0 N–H and O–H groups in total. The molecule has 0 bridgehead atoms. The van der Waals surface area contributed by atoms with Gasteiger partial charge in [-0.1, -0.05) is 6.92 Å². The lowest BCUT2D eigenvalue weighted by Crippen LogP contribution is -2.36. The van der Waals surface area contributed by atoms with Crippen LogP contribution in [0.5, 0.6) is 0 Å². The molecule has 15 heavy (non-hydrogen) atoms. The van der Waals surface area contributed by atoms with Gasteiger partial charge >= 0.3 is 5.97 Å². The zero-order valence-corrected chi connectivity index (χ0v) is 9.58. The smallest absolute Gasteiger partial charge is 0.322 e. The monoisotopic (exact) mass is 234 g/mol. The maximum Gasteiger partial charge on any atom is 0.322 e. The van der Waals surface area contributed by atoms with E-state index in [1.165, 1.54) is 0 Å². The second kappa shape index (κ2) is 6.37. The lowest BCUT2D eigenvalue weighted by Gasteiger charge is -2.17. The van der Waals surface area contributed by atoms with E-state index in [1.807, 2.05) is 0 Å². The van der Waals surface area contributed by atoms with Gasteiger partial charge in [-0.05, 0) is 6.42 Å². The third-order valence-electron chi connectivity index (χ3n) is 1.64. The maximum absolute atomic E-state index is 11.6. The average molecular weight is 234 g/mol. The maximum atomic E-state index is 11.6. The predicted molar refractivity (Wildman–Crippen MR) is 53.3 cm³/mol. The van der Waals surface area contributed by atoms with Gasteiger partial charge < -0.3 is 4.74 Å². The molecule has 0 radical (unpaired) electrons. The number of esters is 1. The molecule has 0 atom stereocenters. The van der Waals surface area contributed by atoms with Gasteiger partial charge in [-0.25, -0.2) is 8.42 Å². The molecule has 0 saturated heterocycles. The Hall–Kier alpha value is -1.13. The zero-order chi connectivity index (χ0) is 11.9. The first-order valence-electron chi connectivity index (χ1n) is 4.39. The lowest BCUT2D eigenvalue weighted by atomic mass is 10.5. The third-order valence-corrected chi connectivity index (χ3v) is 3.34. The number of nitrogens with zero attached hydrogens (tertiary/aromatic N) is 2. The minimum atomic E-state index is -3.72. The van der Waals surface area contributed by atoms with Crippen molar-refractivity contribution in [3.05, 3.63) is 0 Å². The van der Waals surface area contributed by atoms with Crippen LogP contribution in [-0.2, 0) is 19.6 Å². The molecule has 0 aliphatic rings. The molecule has 6 nitrogen and oxygen atoms in total. The largest absolute Gasteiger partial charge is 0.468 e. The van der Waals surface area contributed by atoms with Crippen LogP contribution in [0.25, 0.3) is 0 Å². The van der Waals surface area contributed by atoms with Crippen LogP contribution in [-0.4, -0.2) is 44.6 Å². The highest BCUT2D eigenvalue weighted by Gasteiger charge is 2.24. The lowest BCUT2D eigenvalue weighted by molar-refractivity contribution is -0.137. The Labute approximate surface area is 89.5 Å². The van der Waals surface area contributed by atoms with Crippen molar-refractivity contribution in [1.82, 2.24) is 4.31 Å². The molecule has 0 rings (SSSR count). The fourth-order valence-corrected chi connectivity index (χ4v) is 2.26. The quantitative estimate of drug-likeness (QED) is 0.466. The number of carbonyl (C=O) groups excluding carboxylic acids is 1. The van der Waals surface area contributed by atoms with Gasteiger partial charge in [0.15, 0.2) is 5.75 Å². The highest BCUT2D eigenvalue weighted by molar-refractivity contribution is 7.89. The summed E-state index contributed by atoms with van der Waals surface area (Å²) in [4.78, 5) is 10.8. The van der Waals surface area contributed by atoms with E-state index in [1.54, 1.807) is 13.0 Å². The average Bonchev–Trinajstić information content (AvgIpc) is 2.16. The van der Waals surface area contributed by atoms with Crippen molar-refractivity contribution in [3.8, 4) is 6.07 Å². The van der Waals surface area contributed by atoms with Gasteiger partial charge in [0.25, 0.3) is 0 Å². The molecule has 0 saturated carbocycles. The third kappa shape index (κ3) is 4.76. The summed E-state index contributed by atoms with van der Waals surface area (Å²) < 4.78 is 28.3. The van der Waals surface area contributed by atoms with Gasteiger partial charge in [-0.15, -0.1) is 0 Å². The predicted octanol–water partition coefficient (Wildman–Crippen LogP) is -0.275. The molecular weight excluding hydrogens is 220 g/mol. The van der Waals surface area contributed by atoms with Gasteiger partial charge in [-0.3, -0.25) is 4.79 Å². The van der Waals surface area contributed by atoms with Crippen molar-refractivity contribution in [2.75, 3.05) is 26.0 Å². The molecule has 0 aromatic carbocycles. The van der Waals surface area contributed by atoms with Crippen LogP contribution in [0.4, 0.5) is 0 Å². The molecule has 0 spiro atoms. The van der Waals surface area contributed by atoms with Crippen molar-refractivity contribution >= 4 is 16.0 Å². The van der Waals surface area contributed by atoms with E-state index in [2.05, 4.69) is 4.74 Å². The fourth-order valence-electron chi connectivity index (χ4n) is 0.944. The molecular formula is C8H14N2O4S. The van der Waals surface area contributed by atoms with Crippen LogP contribution in [0.1, 0.15) is 13.3 Å². The number of hydrogen-bond acceptors (Lipinski definition) is 5. The van der Waals surface area contributed by atoms with Crippen molar-refractivity contribution in [1.29, 1.82) is 5.26 Å². The number of nitriles is 1. The number of methoxy groups -OCH3 is 1. The van der Waals surface area contributed by atoms with E-state index in [-0.39, 0.29) is 13.1 Å². The van der Waals surface area contributed by atoms with Crippen molar-refractivity contribution in [3.63, 3.8) is 0 Å². The van der Waals surface area contributed by atoms with Gasteiger partial charge in [0, 0.05) is 6.54 Å². The number of rotatable bonds is 6. The van der Waals surface area contributed by atoms with Gasteiger partial charge in [-0.2, -0.15) is 9.57 Å². The molecule has 0 heterocycles. The SMILES string of the molecule is CCCN(CC#N)S(=O)(=O)CC(=O)OC. The van der Waals surface area contributed by atoms with E-state index >= 15 is 0 Å². The molecule has 86 valence electrons. The van der Waals surface area contributed by atoms with Crippen LogP contribution < -0.4 is 0 Å². The molecule has 0 fully saturated rings. The molecule has 7 heteroatoms. The number of sulfonamides is 1. The standard InChI is InChI=1S/C8H14N2O4S/c1-3-5-10(6-4-9)15(12,13)7-8(11)14-2/h3,5-7H2,1-2H3. The molecule has 0 aromatic heterocycles. The Balaban J connectivity index is 4.65. The summed E-state index contributed by atoms with van der Waals surface area (Å²) >= 11 is 0. The van der Waals surface area contributed by atoms with Crippen LogP contribution in [0, 0.1) is 11.3 Å². The minimum Gasteiger partial charge on any atom is -0.468 e. The van der Waals surface area contributed by atoms with Crippen molar-refractivity contribution in [2.24, 2.45) is 0 Å².